The van der Waals surface area contributed by atoms with Crippen LogP contribution in [0.15, 0.2) is 18.3 Å². The van der Waals surface area contributed by atoms with Crippen LogP contribution in [0.3, 0.4) is 0 Å². The van der Waals surface area contributed by atoms with Gasteiger partial charge in [-0.15, -0.1) is 0 Å². The highest BCUT2D eigenvalue weighted by molar-refractivity contribution is 7.99. The summed E-state index contributed by atoms with van der Waals surface area (Å²) >= 11 is 1.52. The van der Waals surface area contributed by atoms with E-state index in [1.165, 1.54) is 11.8 Å². The molecule has 0 aromatic carbocycles. The summed E-state index contributed by atoms with van der Waals surface area (Å²) in [7, 11) is 0. The van der Waals surface area contributed by atoms with Crippen molar-refractivity contribution in [1.82, 2.24) is 4.98 Å². The van der Waals surface area contributed by atoms with Crippen LogP contribution in [0.2, 0.25) is 0 Å². The highest BCUT2D eigenvalue weighted by Crippen LogP contribution is 2.06. The Morgan fingerprint density at radius 1 is 1.67 bits per heavy atom. The van der Waals surface area contributed by atoms with Gasteiger partial charge >= 0.3 is 0 Å². The Hall–Kier alpha value is -1.07. The number of nitrogens with one attached hydrogen (secondary N) is 1. The van der Waals surface area contributed by atoms with Crippen LogP contribution in [0.25, 0.3) is 0 Å². The first-order valence-corrected chi connectivity index (χ1v) is 5.88. The van der Waals surface area contributed by atoms with E-state index in [-0.39, 0.29) is 5.91 Å². The molecule has 4 nitrogen and oxygen atoms in total. The van der Waals surface area contributed by atoms with Crippen LogP contribution < -0.4 is 11.1 Å². The van der Waals surface area contributed by atoms with Gasteiger partial charge in [0, 0.05) is 18.5 Å². The zero-order valence-electron chi connectivity index (χ0n) is 8.69. The fourth-order valence-electron chi connectivity index (χ4n) is 1.03. The maximum absolute atomic E-state index is 11.4. The summed E-state index contributed by atoms with van der Waals surface area (Å²) in [5.74, 6) is 1.79. The minimum Gasteiger partial charge on any atom is -0.330 e. The second-order valence-electron chi connectivity index (χ2n) is 3.11. The average molecular weight is 225 g/mol. The van der Waals surface area contributed by atoms with E-state index in [4.69, 9.17) is 5.73 Å². The summed E-state index contributed by atoms with van der Waals surface area (Å²) < 4.78 is 0. The molecule has 0 bridgehead atoms. The van der Waals surface area contributed by atoms with E-state index < -0.39 is 0 Å². The number of aromatic nitrogens is 1. The number of aryl methyl sites for hydroxylation is 1. The normalized spacial score (nSPS) is 10.0. The lowest BCUT2D eigenvalue weighted by molar-refractivity contribution is -0.113. The molecule has 5 heteroatoms. The van der Waals surface area contributed by atoms with Gasteiger partial charge in [-0.25, -0.2) is 4.98 Å². The molecule has 0 radical (unpaired) electrons. The molecule has 1 aromatic rings. The van der Waals surface area contributed by atoms with Gasteiger partial charge in [0.25, 0.3) is 0 Å². The molecule has 0 saturated heterocycles. The first kappa shape index (κ1) is 12.0. The molecular weight excluding hydrogens is 210 g/mol. The van der Waals surface area contributed by atoms with Crippen LogP contribution in [0.5, 0.6) is 0 Å². The molecule has 1 rings (SSSR count). The SMILES string of the molecule is Cc1ccnc(NC(=O)CSCCN)c1. The predicted octanol–water partition coefficient (Wildman–Crippen LogP) is 1.02. The Labute approximate surface area is 93.7 Å². The number of carbonyl (C=O) groups excluding carboxylic acids is 1. The zero-order valence-corrected chi connectivity index (χ0v) is 9.51. The first-order valence-electron chi connectivity index (χ1n) is 4.72. The number of pyridine rings is 1. The molecule has 0 unspecified atom stereocenters. The summed E-state index contributed by atoms with van der Waals surface area (Å²) in [4.78, 5) is 15.4. The van der Waals surface area contributed by atoms with E-state index in [2.05, 4.69) is 10.3 Å². The van der Waals surface area contributed by atoms with Gasteiger partial charge in [0.15, 0.2) is 0 Å². The van der Waals surface area contributed by atoms with Crippen LogP contribution in [-0.2, 0) is 4.79 Å². The maximum Gasteiger partial charge on any atom is 0.235 e. The Kier molecular flexibility index (Phi) is 5.14. The molecule has 1 amide bonds. The summed E-state index contributed by atoms with van der Waals surface area (Å²) in [6, 6.07) is 3.73. The standard InChI is InChI=1S/C10H15N3OS/c1-8-2-4-12-9(6-8)13-10(14)7-15-5-3-11/h2,4,6H,3,5,7,11H2,1H3,(H,12,13,14). The molecule has 0 saturated carbocycles. The fourth-order valence-corrected chi connectivity index (χ4v) is 1.60. The van der Waals surface area contributed by atoms with Crippen molar-refractivity contribution in [3.8, 4) is 0 Å². The molecule has 0 aliphatic carbocycles. The Bertz CT molecular complexity index is 330. The van der Waals surface area contributed by atoms with E-state index in [9.17, 15) is 4.79 Å². The van der Waals surface area contributed by atoms with Gasteiger partial charge in [-0.1, -0.05) is 0 Å². The highest BCUT2D eigenvalue weighted by Gasteiger charge is 2.02. The van der Waals surface area contributed by atoms with E-state index in [1.54, 1.807) is 6.20 Å². The fraction of sp³-hybridized carbons (Fsp3) is 0.400. The predicted molar refractivity (Wildman–Crippen MR) is 64.0 cm³/mol. The average Bonchev–Trinajstić information content (AvgIpc) is 2.18. The number of nitrogens with zero attached hydrogens (tertiary/aromatic N) is 1. The molecule has 0 atom stereocenters. The maximum atomic E-state index is 11.4. The molecule has 0 spiro atoms. The first-order chi connectivity index (χ1) is 7.22. The molecule has 3 N–H and O–H groups in total. The van der Waals surface area contributed by atoms with Gasteiger partial charge in [0.05, 0.1) is 5.75 Å². The second kappa shape index (κ2) is 6.42. The summed E-state index contributed by atoms with van der Waals surface area (Å²) in [5.41, 5.74) is 6.40. The van der Waals surface area contributed by atoms with Gasteiger partial charge in [-0.3, -0.25) is 4.79 Å². The topological polar surface area (TPSA) is 68.0 Å². The van der Waals surface area contributed by atoms with Crippen molar-refractivity contribution >= 4 is 23.5 Å². The molecule has 1 aromatic heterocycles. The monoisotopic (exact) mass is 225 g/mol. The number of amides is 1. The van der Waals surface area contributed by atoms with Crippen LogP contribution in [0.4, 0.5) is 5.82 Å². The second-order valence-corrected chi connectivity index (χ2v) is 4.21. The number of hydrogen-bond donors (Lipinski definition) is 2. The number of nitrogens with two attached hydrogens (primary N) is 1. The third-order valence-electron chi connectivity index (χ3n) is 1.68. The van der Waals surface area contributed by atoms with Crippen molar-refractivity contribution in [3.63, 3.8) is 0 Å². The molecular formula is C10H15N3OS. The lowest BCUT2D eigenvalue weighted by Crippen LogP contribution is -2.16. The van der Waals surface area contributed by atoms with Gasteiger partial charge in [-0.05, 0) is 24.6 Å². The lowest BCUT2D eigenvalue weighted by Gasteiger charge is -2.04. The van der Waals surface area contributed by atoms with Crippen LogP contribution >= 0.6 is 11.8 Å². The van der Waals surface area contributed by atoms with Gasteiger partial charge < -0.3 is 11.1 Å². The minimum atomic E-state index is -0.0356. The third-order valence-corrected chi connectivity index (χ3v) is 2.67. The van der Waals surface area contributed by atoms with Crippen molar-refractivity contribution in [2.45, 2.75) is 6.92 Å². The Morgan fingerprint density at radius 3 is 3.13 bits per heavy atom. The smallest absolute Gasteiger partial charge is 0.235 e. The van der Waals surface area contributed by atoms with E-state index in [0.717, 1.165) is 11.3 Å². The minimum absolute atomic E-state index is 0.0356. The Morgan fingerprint density at radius 2 is 2.47 bits per heavy atom. The van der Waals surface area contributed by atoms with Crippen molar-refractivity contribution in [1.29, 1.82) is 0 Å². The Balaban J connectivity index is 2.37. The van der Waals surface area contributed by atoms with Crippen LogP contribution in [0.1, 0.15) is 5.56 Å². The molecule has 1 heterocycles. The summed E-state index contributed by atoms with van der Waals surface area (Å²) in [6.45, 7) is 2.56. The van der Waals surface area contributed by atoms with Gasteiger partial charge in [-0.2, -0.15) is 11.8 Å². The zero-order chi connectivity index (χ0) is 11.1. The van der Waals surface area contributed by atoms with E-state index in [0.29, 0.717) is 18.1 Å². The molecule has 0 aliphatic heterocycles. The molecule has 0 fully saturated rings. The molecule has 15 heavy (non-hydrogen) atoms. The summed E-state index contributed by atoms with van der Waals surface area (Å²) in [5, 5.41) is 2.73. The highest BCUT2D eigenvalue weighted by atomic mass is 32.2. The van der Waals surface area contributed by atoms with Crippen LogP contribution in [0, 0.1) is 6.92 Å². The number of anilines is 1. The van der Waals surface area contributed by atoms with Crippen molar-refractivity contribution < 1.29 is 4.79 Å². The number of thioether (sulfide) groups is 1. The van der Waals surface area contributed by atoms with Gasteiger partial charge in [0.2, 0.25) is 5.91 Å². The molecule has 0 aliphatic rings. The summed E-state index contributed by atoms with van der Waals surface area (Å²) in [6.07, 6.45) is 1.68. The van der Waals surface area contributed by atoms with E-state index in [1.807, 2.05) is 19.1 Å². The van der Waals surface area contributed by atoms with Crippen molar-refractivity contribution in [2.75, 3.05) is 23.4 Å². The number of carbonyl (C=O) groups is 1. The lowest BCUT2D eigenvalue weighted by atomic mass is 10.3. The number of rotatable bonds is 5. The van der Waals surface area contributed by atoms with Gasteiger partial charge in [0.1, 0.15) is 5.82 Å². The number of hydrogen-bond acceptors (Lipinski definition) is 4. The largest absolute Gasteiger partial charge is 0.330 e. The van der Waals surface area contributed by atoms with Crippen molar-refractivity contribution in [3.05, 3.63) is 23.9 Å². The third kappa shape index (κ3) is 4.80. The molecule has 82 valence electrons. The van der Waals surface area contributed by atoms with E-state index >= 15 is 0 Å². The van der Waals surface area contributed by atoms with Crippen molar-refractivity contribution in [2.24, 2.45) is 5.73 Å². The quantitative estimate of drug-likeness (QED) is 0.734. The van der Waals surface area contributed by atoms with Crippen LogP contribution in [-0.4, -0.2) is 28.9 Å².